The Morgan fingerprint density at radius 2 is 1.85 bits per heavy atom. The molecule has 220 valence electrons. The number of hydrogen-bond acceptors (Lipinski definition) is 3. The zero-order valence-corrected chi connectivity index (χ0v) is 25.4. The largest absolute Gasteiger partial charge is 0.343 e. The third-order valence-electron chi connectivity index (χ3n) is 8.85. The van der Waals surface area contributed by atoms with Gasteiger partial charge in [-0.3, -0.25) is 9.59 Å². The normalized spacial score (nSPS) is 24.5. The maximum atomic E-state index is 15.9. The first-order valence-corrected chi connectivity index (χ1v) is 14.9. The monoisotopic (exact) mass is 602 g/mol. The van der Waals surface area contributed by atoms with Crippen LogP contribution >= 0.6 is 23.2 Å². The third-order valence-corrected chi connectivity index (χ3v) is 9.38. The predicted octanol–water partition coefficient (Wildman–Crippen LogP) is 6.40. The molecule has 2 saturated heterocycles. The number of nitrogens with zero attached hydrogens (tertiary/aromatic N) is 2. The minimum atomic E-state index is -1.25. The van der Waals surface area contributed by atoms with E-state index in [0.717, 1.165) is 12.8 Å². The van der Waals surface area contributed by atoms with Gasteiger partial charge in [-0.1, -0.05) is 62.2 Å². The summed E-state index contributed by atoms with van der Waals surface area (Å²) >= 11 is 12.6. The highest BCUT2D eigenvalue weighted by atomic mass is 35.5. The number of anilines is 1. The van der Waals surface area contributed by atoms with Gasteiger partial charge in [-0.05, 0) is 60.3 Å². The van der Waals surface area contributed by atoms with Crippen molar-refractivity contribution >= 4 is 46.7 Å². The summed E-state index contributed by atoms with van der Waals surface area (Å²) in [5.41, 5.74) is 0.0625. The second kappa shape index (κ2) is 11.1. The van der Waals surface area contributed by atoms with Crippen LogP contribution < -0.4 is 10.6 Å². The van der Waals surface area contributed by atoms with Gasteiger partial charge in [-0.15, -0.1) is 0 Å². The number of hydrogen-bond donors (Lipinski definition) is 2. The molecule has 2 fully saturated rings. The summed E-state index contributed by atoms with van der Waals surface area (Å²) < 4.78 is 15.9. The molecule has 41 heavy (non-hydrogen) atoms. The lowest BCUT2D eigenvalue weighted by molar-refractivity contribution is -0.130. The van der Waals surface area contributed by atoms with E-state index in [2.05, 4.69) is 31.4 Å². The molecule has 7 nitrogen and oxygen atoms in total. The lowest BCUT2D eigenvalue weighted by Crippen LogP contribution is -2.48. The summed E-state index contributed by atoms with van der Waals surface area (Å²) in [6.07, 6.45) is 2.20. The minimum absolute atomic E-state index is 0.0579. The summed E-state index contributed by atoms with van der Waals surface area (Å²) in [5, 5.41) is 6.50. The third kappa shape index (κ3) is 5.41. The first kappa shape index (κ1) is 29.6. The van der Waals surface area contributed by atoms with E-state index in [9.17, 15) is 14.4 Å². The lowest BCUT2D eigenvalue weighted by Gasteiger charge is -2.38. The molecule has 3 heterocycles. The molecular formula is C31H37Cl2FN4O3. The van der Waals surface area contributed by atoms with Crippen LogP contribution in [0.2, 0.25) is 10.0 Å². The van der Waals surface area contributed by atoms with Crippen molar-refractivity contribution in [3.05, 3.63) is 63.4 Å². The van der Waals surface area contributed by atoms with Crippen LogP contribution in [0.5, 0.6) is 0 Å². The van der Waals surface area contributed by atoms with E-state index in [0.29, 0.717) is 42.3 Å². The number of rotatable bonds is 4. The number of nitrogens with one attached hydrogen (secondary N) is 2. The Morgan fingerprint density at radius 3 is 2.51 bits per heavy atom. The highest BCUT2D eigenvalue weighted by molar-refractivity contribution is 6.31. The van der Waals surface area contributed by atoms with Gasteiger partial charge in [0.15, 0.2) is 0 Å². The summed E-state index contributed by atoms with van der Waals surface area (Å²) in [4.78, 5) is 43.4. The van der Waals surface area contributed by atoms with Crippen LogP contribution in [-0.2, 0) is 15.0 Å². The molecule has 3 atom stereocenters. The summed E-state index contributed by atoms with van der Waals surface area (Å²) in [7, 11) is 0. The zero-order chi connectivity index (χ0) is 29.7. The average Bonchev–Trinajstić information content (AvgIpc) is 3.38. The topological polar surface area (TPSA) is 81.8 Å². The Bertz CT molecular complexity index is 1370. The Morgan fingerprint density at radius 1 is 1.15 bits per heavy atom. The first-order chi connectivity index (χ1) is 19.3. The van der Waals surface area contributed by atoms with E-state index in [-0.39, 0.29) is 52.2 Å². The van der Waals surface area contributed by atoms with Gasteiger partial charge in [0, 0.05) is 49.4 Å². The number of fused-ring (bicyclic) bond motifs is 2. The standard InChI is InChI=1S/C31H37Cl2FN4O3/c1-18(39)37-12-10-19(11-13-37)16-35-29(41)38-17-20(15-30(2,3)4)31(27(38)22-6-5-7-24(33)26(22)34)23-9-8-21(32)14-25(23)36-28(31)40/h5-9,14,19-20,27H,10-13,15-17H2,1-4H3,(H,35,41)(H,36,40)/t20-,27-,31+/m1/s1. The van der Waals surface area contributed by atoms with Crippen molar-refractivity contribution in [3.8, 4) is 0 Å². The number of carbonyl (C=O) groups excluding carboxylic acids is 3. The lowest BCUT2D eigenvalue weighted by atomic mass is 9.63. The zero-order valence-electron chi connectivity index (χ0n) is 23.9. The molecule has 0 aromatic heterocycles. The molecule has 0 radical (unpaired) electrons. The summed E-state index contributed by atoms with van der Waals surface area (Å²) in [6, 6.07) is 8.72. The van der Waals surface area contributed by atoms with Gasteiger partial charge in [0.2, 0.25) is 11.8 Å². The van der Waals surface area contributed by atoms with Crippen molar-refractivity contribution in [1.29, 1.82) is 0 Å². The van der Waals surface area contributed by atoms with E-state index in [1.54, 1.807) is 36.1 Å². The molecule has 2 N–H and O–H groups in total. The van der Waals surface area contributed by atoms with Crippen LogP contribution in [0.3, 0.4) is 0 Å². The Kier molecular flexibility index (Phi) is 8.03. The van der Waals surface area contributed by atoms with Crippen LogP contribution in [0.4, 0.5) is 14.9 Å². The number of piperidine rings is 1. The highest BCUT2D eigenvalue weighted by Gasteiger charge is 2.65. The maximum Gasteiger partial charge on any atom is 0.317 e. The van der Waals surface area contributed by atoms with Crippen molar-refractivity contribution < 1.29 is 18.8 Å². The number of halogens is 3. The van der Waals surface area contributed by atoms with Crippen molar-refractivity contribution in [3.63, 3.8) is 0 Å². The van der Waals surface area contributed by atoms with E-state index >= 15 is 4.39 Å². The second-order valence-electron chi connectivity index (χ2n) is 12.8. The number of benzene rings is 2. The predicted molar refractivity (Wildman–Crippen MR) is 159 cm³/mol. The SMILES string of the molecule is CC(=O)N1CCC(CNC(=O)N2C[C@@H](CC(C)(C)C)[C@@]3(C(=O)Nc4cc(Cl)ccc43)[C@H]2c2cccc(Cl)c2F)CC1. The quantitative estimate of drug-likeness (QED) is 0.425. The molecule has 3 aliphatic heterocycles. The van der Waals surface area contributed by atoms with Gasteiger partial charge in [-0.2, -0.15) is 0 Å². The van der Waals surface area contributed by atoms with Crippen LogP contribution in [0.15, 0.2) is 36.4 Å². The number of carbonyl (C=O) groups is 3. The molecule has 10 heteroatoms. The molecule has 0 bridgehead atoms. The number of urea groups is 1. The summed E-state index contributed by atoms with van der Waals surface area (Å²) in [6.45, 7) is 9.88. The Labute approximate surface area is 250 Å². The van der Waals surface area contributed by atoms with Crippen molar-refractivity contribution in [2.45, 2.75) is 58.4 Å². The Hall–Kier alpha value is -2.84. The van der Waals surface area contributed by atoms with E-state index < -0.39 is 17.3 Å². The van der Waals surface area contributed by atoms with Crippen LogP contribution in [0, 0.1) is 23.1 Å². The van der Waals surface area contributed by atoms with Crippen molar-refractivity contribution in [1.82, 2.24) is 15.1 Å². The van der Waals surface area contributed by atoms with Crippen LogP contribution in [0.1, 0.15) is 64.1 Å². The fourth-order valence-corrected chi connectivity index (χ4v) is 7.41. The molecule has 5 rings (SSSR count). The van der Waals surface area contributed by atoms with Crippen LogP contribution in [0.25, 0.3) is 0 Å². The van der Waals surface area contributed by atoms with Crippen LogP contribution in [-0.4, -0.2) is 53.8 Å². The molecule has 0 aliphatic carbocycles. The van der Waals surface area contributed by atoms with Crippen molar-refractivity contribution in [2.24, 2.45) is 17.3 Å². The van der Waals surface area contributed by atoms with E-state index in [1.165, 1.54) is 6.07 Å². The molecular weight excluding hydrogens is 566 g/mol. The molecule has 2 aromatic rings. The molecule has 1 spiro atoms. The fraction of sp³-hybridized carbons (Fsp3) is 0.516. The molecule has 4 amide bonds. The second-order valence-corrected chi connectivity index (χ2v) is 13.7. The maximum absolute atomic E-state index is 15.9. The fourth-order valence-electron chi connectivity index (χ4n) is 7.06. The molecule has 3 aliphatic rings. The first-order valence-electron chi connectivity index (χ1n) is 14.2. The van der Waals surface area contributed by atoms with Gasteiger partial charge in [0.25, 0.3) is 0 Å². The number of amides is 4. The van der Waals surface area contributed by atoms with Gasteiger partial charge in [-0.25, -0.2) is 9.18 Å². The molecule has 0 saturated carbocycles. The summed E-state index contributed by atoms with van der Waals surface area (Å²) in [5.74, 6) is -0.948. The Balaban J connectivity index is 1.56. The van der Waals surface area contributed by atoms with Crippen molar-refractivity contribution in [2.75, 3.05) is 31.5 Å². The molecule has 2 aromatic carbocycles. The minimum Gasteiger partial charge on any atom is -0.343 e. The highest BCUT2D eigenvalue weighted by Crippen LogP contribution is 2.60. The van der Waals surface area contributed by atoms with Gasteiger partial charge >= 0.3 is 6.03 Å². The van der Waals surface area contributed by atoms with E-state index in [4.69, 9.17) is 23.2 Å². The van der Waals surface area contributed by atoms with Gasteiger partial charge in [0.1, 0.15) is 11.2 Å². The number of likely N-dealkylation sites (tertiary alicyclic amines) is 2. The molecule has 0 unspecified atom stereocenters. The average molecular weight is 604 g/mol. The van der Waals surface area contributed by atoms with Gasteiger partial charge < -0.3 is 20.4 Å². The smallest absolute Gasteiger partial charge is 0.317 e. The van der Waals surface area contributed by atoms with Gasteiger partial charge in [0.05, 0.1) is 11.1 Å². The van der Waals surface area contributed by atoms with E-state index in [1.807, 2.05) is 11.0 Å².